The molecule has 1 unspecified atom stereocenters. The molecule has 0 aliphatic rings. The molecule has 2 rings (SSSR count). The number of aryl methyl sites for hydroxylation is 1. The van der Waals surface area contributed by atoms with Crippen LogP contribution in [0, 0.1) is 13.8 Å². The molecule has 0 radical (unpaired) electrons. The van der Waals surface area contributed by atoms with Crippen LogP contribution in [-0.2, 0) is 4.79 Å². The molecule has 0 saturated heterocycles. The van der Waals surface area contributed by atoms with Gasteiger partial charge in [0, 0.05) is 0 Å². The Kier molecular flexibility index (Phi) is 4.99. The van der Waals surface area contributed by atoms with Gasteiger partial charge in [0.25, 0.3) is 5.91 Å². The summed E-state index contributed by atoms with van der Waals surface area (Å²) in [7, 11) is 0. The van der Waals surface area contributed by atoms with Crippen LogP contribution in [-0.4, -0.2) is 12.5 Å². The Labute approximate surface area is 126 Å². The van der Waals surface area contributed by atoms with E-state index in [9.17, 15) is 4.79 Å². The van der Waals surface area contributed by atoms with E-state index in [0.29, 0.717) is 0 Å². The molecule has 0 fully saturated rings. The topological polar surface area (TPSA) is 38.3 Å². The van der Waals surface area contributed by atoms with E-state index in [2.05, 4.69) is 5.32 Å². The van der Waals surface area contributed by atoms with Gasteiger partial charge in [-0.3, -0.25) is 4.79 Å². The fourth-order valence-corrected chi connectivity index (χ4v) is 2.13. The summed E-state index contributed by atoms with van der Waals surface area (Å²) >= 11 is 0. The summed E-state index contributed by atoms with van der Waals surface area (Å²) < 4.78 is 5.60. The van der Waals surface area contributed by atoms with Gasteiger partial charge in [0.1, 0.15) is 5.75 Å². The first-order valence-electron chi connectivity index (χ1n) is 7.11. The Bertz CT molecular complexity index is 608. The number of carbonyl (C=O) groups is 1. The molecule has 0 aliphatic heterocycles. The smallest absolute Gasteiger partial charge is 0.258 e. The van der Waals surface area contributed by atoms with Crippen LogP contribution in [0.5, 0.6) is 5.75 Å². The Morgan fingerprint density at radius 2 is 1.81 bits per heavy atom. The van der Waals surface area contributed by atoms with Gasteiger partial charge in [0.2, 0.25) is 0 Å². The van der Waals surface area contributed by atoms with Crippen LogP contribution in [0.2, 0.25) is 0 Å². The number of carbonyl (C=O) groups excluding carboxylic acids is 1. The fraction of sp³-hybridized carbons (Fsp3) is 0.278. The van der Waals surface area contributed by atoms with Crippen LogP contribution in [0.25, 0.3) is 0 Å². The Morgan fingerprint density at radius 3 is 2.52 bits per heavy atom. The zero-order valence-corrected chi connectivity index (χ0v) is 12.7. The summed E-state index contributed by atoms with van der Waals surface area (Å²) in [5, 5.41) is 2.94. The second-order valence-electron chi connectivity index (χ2n) is 5.19. The number of hydrogen-bond acceptors (Lipinski definition) is 2. The molecule has 2 aromatic carbocycles. The van der Waals surface area contributed by atoms with Crippen molar-refractivity contribution < 1.29 is 9.53 Å². The van der Waals surface area contributed by atoms with Crippen molar-refractivity contribution in [3.8, 4) is 5.75 Å². The minimum Gasteiger partial charge on any atom is -0.483 e. The maximum absolute atomic E-state index is 12.0. The number of amides is 1. The number of ether oxygens (including phenoxy) is 1. The molecule has 3 nitrogen and oxygen atoms in total. The normalized spacial score (nSPS) is 11.8. The van der Waals surface area contributed by atoms with E-state index in [4.69, 9.17) is 4.74 Å². The summed E-state index contributed by atoms with van der Waals surface area (Å²) in [5.74, 6) is 0.643. The standard InChI is InChI=1S/C18H21NO2/c1-13-8-7-11-17(14(13)2)21-12-18(20)19-15(3)16-9-5-4-6-10-16/h4-11,15H,12H2,1-3H3,(H,19,20). The predicted octanol–water partition coefficient (Wildman–Crippen LogP) is 3.56. The first kappa shape index (κ1) is 15.1. The Balaban J connectivity index is 1.89. The summed E-state index contributed by atoms with van der Waals surface area (Å²) in [6.45, 7) is 6.02. The van der Waals surface area contributed by atoms with Gasteiger partial charge in [-0.25, -0.2) is 0 Å². The van der Waals surface area contributed by atoms with E-state index in [-0.39, 0.29) is 18.6 Å². The maximum Gasteiger partial charge on any atom is 0.258 e. The molecule has 1 N–H and O–H groups in total. The van der Waals surface area contributed by atoms with Gasteiger partial charge in [-0.2, -0.15) is 0 Å². The summed E-state index contributed by atoms with van der Waals surface area (Å²) in [6, 6.07) is 15.7. The highest BCUT2D eigenvalue weighted by atomic mass is 16.5. The van der Waals surface area contributed by atoms with E-state index in [1.807, 2.05) is 69.3 Å². The van der Waals surface area contributed by atoms with Crippen molar-refractivity contribution in [2.75, 3.05) is 6.61 Å². The van der Waals surface area contributed by atoms with Gasteiger partial charge < -0.3 is 10.1 Å². The number of rotatable bonds is 5. The third-order valence-electron chi connectivity index (χ3n) is 3.59. The molecular weight excluding hydrogens is 262 g/mol. The van der Waals surface area contributed by atoms with Gasteiger partial charge >= 0.3 is 0 Å². The van der Waals surface area contributed by atoms with E-state index < -0.39 is 0 Å². The van der Waals surface area contributed by atoms with E-state index in [0.717, 1.165) is 22.4 Å². The molecule has 0 saturated carbocycles. The fourth-order valence-electron chi connectivity index (χ4n) is 2.13. The van der Waals surface area contributed by atoms with Crippen molar-refractivity contribution in [1.29, 1.82) is 0 Å². The van der Waals surface area contributed by atoms with Crippen molar-refractivity contribution in [2.24, 2.45) is 0 Å². The van der Waals surface area contributed by atoms with Gasteiger partial charge in [-0.1, -0.05) is 42.5 Å². The summed E-state index contributed by atoms with van der Waals surface area (Å²) in [4.78, 5) is 12.0. The number of hydrogen-bond donors (Lipinski definition) is 1. The van der Waals surface area contributed by atoms with Gasteiger partial charge in [-0.05, 0) is 43.5 Å². The van der Waals surface area contributed by atoms with E-state index in [1.54, 1.807) is 0 Å². The second-order valence-corrected chi connectivity index (χ2v) is 5.19. The number of nitrogens with one attached hydrogen (secondary N) is 1. The Morgan fingerprint density at radius 1 is 1.10 bits per heavy atom. The first-order valence-corrected chi connectivity index (χ1v) is 7.11. The van der Waals surface area contributed by atoms with Gasteiger partial charge in [0.05, 0.1) is 6.04 Å². The molecule has 0 aromatic heterocycles. The average molecular weight is 283 g/mol. The van der Waals surface area contributed by atoms with E-state index in [1.165, 1.54) is 0 Å². The summed E-state index contributed by atoms with van der Waals surface area (Å²) in [6.07, 6.45) is 0. The van der Waals surface area contributed by atoms with Gasteiger partial charge in [0.15, 0.2) is 6.61 Å². The highest BCUT2D eigenvalue weighted by molar-refractivity contribution is 5.78. The molecule has 3 heteroatoms. The Hall–Kier alpha value is -2.29. The molecule has 0 aliphatic carbocycles. The average Bonchev–Trinajstić information content (AvgIpc) is 2.49. The molecule has 0 spiro atoms. The SMILES string of the molecule is Cc1cccc(OCC(=O)NC(C)c2ccccc2)c1C. The minimum atomic E-state index is -0.118. The lowest BCUT2D eigenvalue weighted by molar-refractivity contribution is -0.123. The van der Waals surface area contributed by atoms with Crippen LogP contribution in [0.1, 0.15) is 29.7 Å². The van der Waals surface area contributed by atoms with Crippen molar-refractivity contribution >= 4 is 5.91 Å². The van der Waals surface area contributed by atoms with E-state index >= 15 is 0 Å². The largest absolute Gasteiger partial charge is 0.483 e. The highest BCUT2D eigenvalue weighted by Gasteiger charge is 2.10. The monoisotopic (exact) mass is 283 g/mol. The van der Waals surface area contributed by atoms with Crippen LogP contribution < -0.4 is 10.1 Å². The zero-order chi connectivity index (χ0) is 15.2. The third-order valence-corrected chi connectivity index (χ3v) is 3.59. The highest BCUT2D eigenvalue weighted by Crippen LogP contribution is 2.20. The lowest BCUT2D eigenvalue weighted by Gasteiger charge is -2.15. The van der Waals surface area contributed by atoms with Crippen LogP contribution in [0.3, 0.4) is 0 Å². The molecule has 21 heavy (non-hydrogen) atoms. The lowest BCUT2D eigenvalue weighted by atomic mass is 10.1. The zero-order valence-electron chi connectivity index (χ0n) is 12.7. The lowest BCUT2D eigenvalue weighted by Crippen LogP contribution is -2.31. The van der Waals surface area contributed by atoms with Crippen LogP contribution in [0.15, 0.2) is 48.5 Å². The van der Waals surface area contributed by atoms with Crippen LogP contribution in [0.4, 0.5) is 0 Å². The quantitative estimate of drug-likeness (QED) is 0.911. The molecule has 1 atom stereocenters. The molecule has 1 amide bonds. The molecule has 2 aromatic rings. The van der Waals surface area contributed by atoms with Crippen molar-refractivity contribution in [1.82, 2.24) is 5.32 Å². The molecule has 0 heterocycles. The van der Waals surface area contributed by atoms with Crippen molar-refractivity contribution in [3.63, 3.8) is 0 Å². The molecule has 0 bridgehead atoms. The molecule has 110 valence electrons. The van der Waals surface area contributed by atoms with Crippen molar-refractivity contribution in [3.05, 3.63) is 65.2 Å². The third kappa shape index (κ3) is 4.09. The first-order chi connectivity index (χ1) is 10.1. The van der Waals surface area contributed by atoms with Gasteiger partial charge in [-0.15, -0.1) is 0 Å². The summed E-state index contributed by atoms with van der Waals surface area (Å²) in [5.41, 5.74) is 3.31. The maximum atomic E-state index is 12.0. The molecular formula is C18H21NO2. The number of benzene rings is 2. The van der Waals surface area contributed by atoms with Crippen LogP contribution >= 0.6 is 0 Å². The minimum absolute atomic E-state index is 0.0269. The van der Waals surface area contributed by atoms with Crippen molar-refractivity contribution in [2.45, 2.75) is 26.8 Å². The predicted molar refractivity (Wildman–Crippen MR) is 84.4 cm³/mol. The second kappa shape index (κ2) is 6.93.